The minimum Gasteiger partial charge on any atom is -0.395 e. The van der Waals surface area contributed by atoms with Crippen molar-refractivity contribution in [1.82, 2.24) is 14.7 Å². The first-order valence-corrected chi connectivity index (χ1v) is 7.39. The number of rotatable bonds is 3. The fourth-order valence-electron chi connectivity index (χ4n) is 2.21. The first-order valence-electron chi connectivity index (χ1n) is 6.24. The Labute approximate surface area is 112 Å². The highest BCUT2D eigenvalue weighted by Crippen LogP contribution is 2.25. The normalized spacial score (nSPS) is 19.2. The van der Waals surface area contributed by atoms with Gasteiger partial charge in [0.1, 0.15) is 5.69 Å². The van der Waals surface area contributed by atoms with Crippen LogP contribution in [0.3, 0.4) is 0 Å². The van der Waals surface area contributed by atoms with Crippen molar-refractivity contribution >= 4 is 23.4 Å². The number of thioether (sulfide) groups is 1. The summed E-state index contributed by atoms with van der Waals surface area (Å²) in [5.41, 5.74) is 7.76. The summed E-state index contributed by atoms with van der Waals surface area (Å²) in [6.07, 6.45) is 1.06. The lowest BCUT2D eigenvalue weighted by molar-refractivity contribution is 0.0736. The van der Waals surface area contributed by atoms with Crippen molar-refractivity contribution in [3.63, 3.8) is 0 Å². The molecular weight excluding hydrogens is 248 g/mol. The molecule has 2 heterocycles. The van der Waals surface area contributed by atoms with Crippen molar-refractivity contribution in [2.24, 2.45) is 0 Å². The second kappa shape index (κ2) is 5.22. The maximum absolute atomic E-state index is 12.5. The third kappa shape index (κ3) is 2.21. The molecule has 1 saturated heterocycles. The molecule has 100 valence electrons. The molecular formula is C12H20N4OS. The second-order valence-corrected chi connectivity index (χ2v) is 5.75. The summed E-state index contributed by atoms with van der Waals surface area (Å²) in [6.45, 7) is 4.46. The molecule has 1 unspecified atom stereocenters. The van der Waals surface area contributed by atoms with E-state index >= 15 is 0 Å². The van der Waals surface area contributed by atoms with Gasteiger partial charge in [0.15, 0.2) is 0 Å². The quantitative estimate of drug-likeness (QED) is 0.899. The van der Waals surface area contributed by atoms with E-state index in [-0.39, 0.29) is 5.91 Å². The van der Waals surface area contributed by atoms with E-state index in [4.69, 9.17) is 5.73 Å². The molecule has 1 fully saturated rings. The second-order valence-electron chi connectivity index (χ2n) is 4.60. The van der Waals surface area contributed by atoms with Crippen molar-refractivity contribution < 1.29 is 4.79 Å². The van der Waals surface area contributed by atoms with Gasteiger partial charge >= 0.3 is 0 Å². The molecule has 18 heavy (non-hydrogen) atoms. The largest absolute Gasteiger partial charge is 0.395 e. The Hall–Kier alpha value is -1.17. The predicted molar refractivity (Wildman–Crippen MR) is 74.9 cm³/mol. The van der Waals surface area contributed by atoms with Gasteiger partial charge < -0.3 is 10.6 Å². The zero-order valence-corrected chi connectivity index (χ0v) is 12.0. The zero-order chi connectivity index (χ0) is 13.3. The van der Waals surface area contributed by atoms with Crippen LogP contribution in [-0.2, 0) is 6.54 Å². The van der Waals surface area contributed by atoms with Gasteiger partial charge in [-0.3, -0.25) is 9.48 Å². The Morgan fingerprint density at radius 2 is 2.39 bits per heavy atom. The van der Waals surface area contributed by atoms with Crippen LogP contribution in [0.25, 0.3) is 0 Å². The molecule has 1 aliphatic rings. The number of aromatic nitrogens is 2. The third-order valence-corrected chi connectivity index (χ3v) is 4.59. The summed E-state index contributed by atoms with van der Waals surface area (Å²) in [5, 5.41) is 4.30. The van der Waals surface area contributed by atoms with Crippen LogP contribution in [-0.4, -0.2) is 45.2 Å². The molecule has 0 radical (unpaired) electrons. The average molecular weight is 268 g/mol. The number of nitrogens with two attached hydrogens (primary N) is 1. The molecule has 0 saturated carbocycles. The lowest BCUT2D eigenvalue weighted by Crippen LogP contribution is -2.38. The summed E-state index contributed by atoms with van der Waals surface area (Å²) in [6, 6.07) is 0.322. The Kier molecular flexibility index (Phi) is 3.85. The monoisotopic (exact) mass is 268 g/mol. The number of amides is 1. The number of carbonyl (C=O) groups excluding carboxylic acids is 1. The number of nitrogen functional groups attached to an aromatic ring is 1. The molecule has 0 bridgehead atoms. The Balaban J connectivity index is 2.27. The van der Waals surface area contributed by atoms with E-state index in [9.17, 15) is 4.79 Å². The molecule has 5 nitrogen and oxygen atoms in total. The van der Waals surface area contributed by atoms with Crippen molar-refractivity contribution in [2.75, 3.05) is 24.3 Å². The number of aryl methyl sites for hydroxylation is 2. The summed E-state index contributed by atoms with van der Waals surface area (Å²) in [4.78, 5) is 14.3. The highest BCUT2D eigenvalue weighted by atomic mass is 32.2. The fraction of sp³-hybridized carbons (Fsp3) is 0.667. The highest BCUT2D eigenvalue weighted by molar-refractivity contribution is 7.99. The van der Waals surface area contributed by atoms with Crippen molar-refractivity contribution in [1.29, 1.82) is 0 Å². The Bertz CT molecular complexity index is 451. The van der Waals surface area contributed by atoms with Gasteiger partial charge in [-0.25, -0.2) is 0 Å². The molecule has 1 aliphatic heterocycles. The molecule has 1 aromatic heterocycles. The smallest absolute Gasteiger partial charge is 0.274 e. The number of hydrogen-bond acceptors (Lipinski definition) is 4. The summed E-state index contributed by atoms with van der Waals surface area (Å²) < 4.78 is 1.70. The van der Waals surface area contributed by atoms with Gasteiger partial charge in [-0.15, -0.1) is 0 Å². The SMILES string of the molecule is CCn1nc(C)c(N)c1C(=O)N(C)C1CCSC1. The Morgan fingerprint density at radius 3 is 2.94 bits per heavy atom. The number of nitrogens with zero attached hydrogens (tertiary/aromatic N) is 3. The lowest BCUT2D eigenvalue weighted by atomic mass is 10.2. The van der Waals surface area contributed by atoms with Crippen LogP contribution in [0.2, 0.25) is 0 Å². The maximum atomic E-state index is 12.5. The van der Waals surface area contributed by atoms with Crippen molar-refractivity contribution in [2.45, 2.75) is 32.9 Å². The zero-order valence-electron chi connectivity index (χ0n) is 11.1. The predicted octanol–water partition coefficient (Wildman–Crippen LogP) is 1.37. The average Bonchev–Trinajstić information content (AvgIpc) is 2.97. The van der Waals surface area contributed by atoms with E-state index in [1.165, 1.54) is 0 Å². The minimum atomic E-state index is -0.0116. The minimum absolute atomic E-state index is 0.0116. The summed E-state index contributed by atoms with van der Waals surface area (Å²) >= 11 is 1.89. The molecule has 0 spiro atoms. The standard InChI is InChI=1S/C12H20N4OS/c1-4-16-11(10(13)8(2)14-16)12(17)15(3)9-5-6-18-7-9/h9H,4-7,13H2,1-3H3. The van der Waals surface area contributed by atoms with Gasteiger partial charge in [0.2, 0.25) is 0 Å². The first-order chi connectivity index (χ1) is 8.56. The van der Waals surface area contributed by atoms with Crippen molar-refractivity contribution in [3.8, 4) is 0 Å². The lowest BCUT2D eigenvalue weighted by Gasteiger charge is -2.24. The van der Waals surface area contributed by atoms with E-state index in [1.54, 1.807) is 4.68 Å². The van der Waals surface area contributed by atoms with Crippen LogP contribution >= 0.6 is 11.8 Å². The van der Waals surface area contributed by atoms with E-state index in [1.807, 2.05) is 37.6 Å². The van der Waals surface area contributed by atoms with Crippen LogP contribution in [0, 0.1) is 6.92 Å². The first kappa shape index (κ1) is 13.3. The molecule has 2 N–H and O–H groups in total. The number of hydrogen-bond donors (Lipinski definition) is 1. The van der Waals surface area contributed by atoms with Crippen LogP contribution in [0.5, 0.6) is 0 Å². The molecule has 1 amide bonds. The van der Waals surface area contributed by atoms with E-state index in [0.29, 0.717) is 24.0 Å². The topological polar surface area (TPSA) is 64.2 Å². The van der Waals surface area contributed by atoms with Crippen molar-refractivity contribution in [3.05, 3.63) is 11.4 Å². The maximum Gasteiger partial charge on any atom is 0.274 e. The molecule has 6 heteroatoms. The van der Waals surface area contributed by atoms with Gasteiger partial charge in [0.05, 0.1) is 11.4 Å². The van der Waals surface area contributed by atoms with Crippen LogP contribution in [0.15, 0.2) is 0 Å². The van der Waals surface area contributed by atoms with Gasteiger partial charge in [0, 0.05) is 25.4 Å². The van der Waals surface area contributed by atoms with Gasteiger partial charge in [0.25, 0.3) is 5.91 Å². The highest BCUT2D eigenvalue weighted by Gasteiger charge is 2.28. The fourth-order valence-corrected chi connectivity index (χ4v) is 3.48. The number of carbonyl (C=O) groups is 1. The third-order valence-electron chi connectivity index (χ3n) is 3.45. The van der Waals surface area contributed by atoms with Crippen LogP contribution in [0.4, 0.5) is 5.69 Å². The molecule has 1 atom stereocenters. The van der Waals surface area contributed by atoms with Gasteiger partial charge in [-0.05, 0) is 26.0 Å². The Morgan fingerprint density at radius 1 is 1.67 bits per heavy atom. The molecule has 2 rings (SSSR count). The van der Waals surface area contributed by atoms with E-state index < -0.39 is 0 Å². The van der Waals surface area contributed by atoms with Gasteiger partial charge in [-0.2, -0.15) is 16.9 Å². The van der Waals surface area contributed by atoms with Gasteiger partial charge in [-0.1, -0.05) is 0 Å². The molecule has 1 aromatic rings. The molecule has 0 aliphatic carbocycles. The van der Waals surface area contributed by atoms with E-state index in [0.717, 1.165) is 23.6 Å². The van der Waals surface area contributed by atoms with E-state index in [2.05, 4.69) is 5.10 Å². The summed E-state index contributed by atoms with van der Waals surface area (Å²) in [7, 11) is 1.86. The molecule has 0 aromatic carbocycles. The summed E-state index contributed by atoms with van der Waals surface area (Å²) in [5.74, 6) is 2.13. The number of anilines is 1. The van der Waals surface area contributed by atoms with Crippen LogP contribution in [0.1, 0.15) is 29.5 Å². The van der Waals surface area contributed by atoms with Crippen LogP contribution < -0.4 is 5.73 Å².